The normalized spacial score (nSPS) is 19.5. The summed E-state index contributed by atoms with van der Waals surface area (Å²) in [5, 5.41) is 4.15. The number of hydrogen-bond acceptors (Lipinski definition) is 5. The first-order valence-corrected chi connectivity index (χ1v) is 11.2. The second-order valence-corrected chi connectivity index (χ2v) is 8.87. The highest BCUT2D eigenvalue weighted by atomic mass is 79.9. The van der Waals surface area contributed by atoms with Gasteiger partial charge < -0.3 is 0 Å². The van der Waals surface area contributed by atoms with Crippen LogP contribution in [0, 0.1) is 5.92 Å². The number of hydrazone groups is 1. The van der Waals surface area contributed by atoms with Crippen LogP contribution in [0.2, 0.25) is 0 Å². The van der Waals surface area contributed by atoms with Crippen molar-refractivity contribution in [2.45, 2.75) is 11.8 Å². The Morgan fingerprint density at radius 1 is 1.22 bits per heavy atom. The van der Waals surface area contributed by atoms with E-state index in [4.69, 9.17) is 0 Å². The standard InChI is InChI=1S/C19H20Br2N4OS/c20-16-7-5-13(6-8-16)19-15(10-23-25-19)9-22-24-18(26)12-27-11-14-3-1-2-4-17(14)21/h1-9,15,19,23,25H,10-12H2,(H,24,26)/b22-9+. The SMILES string of the molecule is O=C(CSCc1ccccc1Br)N/N=C/C1CNNC1c1ccc(Br)cc1. The molecule has 5 nitrogen and oxygen atoms in total. The van der Waals surface area contributed by atoms with Gasteiger partial charge in [-0.3, -0.25) is 10.2 Å². The van der Waals surface area contributed by atoms with Crippen molar-refractivity contribution in [2.75, 3.05) is 12.3 Å². The largest absolute Gasteiger partial charge is 0.272 e. The number of hydrogen-bond donors (Lipinski definition) is 3. The van der Waals surface area contributed by atoms with Crippen LogP contribution in [0.4, 0.5) is 0 Å². The van der Waals surface area contributed by atoms with Crippen molar-refractivity contribution < 1.29 is 4.79 Å². The van der Waals surface area contributed by atoms with Gasteiger partial charge in [0, 0.05) is 33.4 Å². The first-order chi connectivity index (χ1) is 13.1. The maximum Gasteiger partial charge on any atom is 0.250 e. The maximum absolute atomic E-state index is 12.0. The Bertz CT molecular complexity index is 801. The lowest BCUT2D eigenvalue weighted by atomic mass is 9.96. The van der Waals surface area contributed by atoms with Crippen LogP contribution in [0.25, 0.3) is 0 Å². The summed E-state index contributed by atoms with van der Waals surface area (Å²) in [7, 11) is 0. The number of carbonyl (C=O) groups is 1. The van der Waals surface area contributed by atoms with Crippen molar-refractivity contribution in [3.63, 3.8) is 0 Å². The summed E-state index contributed by atoms with van der Waals surface area (Å²) >= 11 is 8.54. The lowest BCUT2D eigenvalue weighted by molar-refractivity contribution is -0.118. The van der Waals surface area contributed by atoms with Gasteiger partial charge >= 0.3 is 0 Å². The summed E-state index contributed by atoms with van der Waals surface area (Å²) in [5.41, 5.74) is 11.4. The van der Waals surface area contributed by atoms with E-state index < -0.39 is 0 Å². The van der Waals surface area contributed by atoms with Crippen molar-refractivity contribution in [1.29, 1.82) is 0 Å². The van der Waals surface area contributed by atoms with E-state index in [9.17, 15) is 4.79 Å². The van der Waals surface area contributed by atoms with E-state index in [1.165, 1.54) is 11.1 Å². The van der Waals surface area contributed by atoms with E-state index in [0.717, 1.165) is 21.2 Å². The van der Waals surface area contributed by atoms with Crippen molar-refractivity contribution in [1.82, 2.24) is 16.3 Å². The molecule has 3 N–H and O–H groups in total. The summed E-state index contributed by atoms with van der Waals surface area (Å²) in [5.74, 6) is 1.22. The second-order valence-electron chi connectivity index (χ2n) is 6.12. The van der Waals surface area contributed by atoms with Gasteiger partial charge in [-0.25, -0.2) is 10.9 Å². The molecule has 2 unspecified atom stereocenters. The Hall–Kier alpha value is -1.19. The second kappa shape index (κ2) is 10.4. The van der Waals surface area contributed by atoms with Crippen molar-refractivity contribution in [2.24, 2.45) is 11.0 Å². The molecule has 142 valence electrons. The molecule has 1 amide bonds. The molecule has 1 heterocycles. The Morgan fingerprint density at radius 2 is 2.00 bits per heavy atom. The zero-order chi connectivity index (χ0) is 19.1. The molecule has 8 heteroatoms. The van der Waals surface area contributed by atoms with E-state index in [1.807, 2.05) is 30.3 Å². The number of rotatable bonds is 7. The number of amides is 1. The van der Waals surface area contributed by atoms with E-state index in [2.05, 4.69) is 71.4 Å². The Morgan fingerprint density at radius 3 is 2.78 bits per heavy atom. The van der Waals surface area contributed by atoms with Crippen molar-refractivity contribution in [3.05, 3.63) is 68.6 Å². The zero-order valence-corrected chi connectivity index (χ0v) is 18.5. The third kappa shape index (κ3) is 6.15. The van der Waals surface area contributed by atoms with Crippen LogP contribution in [0.1, 0.15) is 17.2 Å². The molecule has 0 radical (unpaired) electrons. The van der Waals surface area contributed by atoms with Gasteiger partial charge in [0.15, 0.2) is 0 Å². The van der Waals surface area contributed by atoms with Gasteiger partial charge in [0.25, 0.3) is 0 Å². The van der Waals surface area contributed by atoms with Crippen LogP contribution < -0.4 is 16.3 Å². The predicted octanol–water partition coefficient (Wildman–Crippen LogP) is 4.01. The third-order valence-electron chi connectivity index (χ3n) is 4.16. The monoisotopic (exact) mass is 510 g/mol. The smallest absolute Gasteiger partial charge is 0.250 e. The highest BCUT2D eigenvalue weighted by Gasteiger charge is 2.26. The lowest BCUT2D eigenvalue weighted by Crippen LogP contribution is -2.25. The maximum atomic E-state index is 12.0. The first-order valence-electron chi connectivity index (χ1n) is 8.50. The quantitative estimate of drug-likeness (QED) is 0.388. The van der Waals surface area contributed by atoms with Gasteiger partial charge in [-0.15, -0.1) is 11.8 Å². The zero-order valence-electron chi connectivity index (χ0n) is 14.5. The van der Waals surface area contributed by atoms with Crippen LogP contribution in [-0.4, -0.2) is 24.4 Å². The minimum Gasteiger partial charge on any atom is -0.272 e. The number of benzene rings is 2. The first kappa shape index (κ1) is 20.5. The fourth-order valence-corrected chi connectivity index (χ4v) is 4.46. The Balaban J connectivity index is 1.44. The Kier molecular flexibility index (Phi) is 7.90. The van der Waals surface area contributed by atoms with E-state index in [0.29, 0.717) is 5.75 Å². The highest BCUT2D eigenvalue weighted by Crippen LogP contribution is 2.25. The summed E-state index contributed by atoms with van der Waals surface area (Å²) in [4.78, 5) is 12.0. The number of carbonyl (C=O) groups excluding carboxylic acids is 1. The molecule has 2 atom stereocenters. The number of thioether (sulfide) groups is 1. The van der Waals surface area contributed by atoms with Crippen molar-refractivity contribution in [3.8, 4) is 0 Å². The van der Waals surface area contributed by atoms with Gasteiger partial charge in [-0.2, -0.15) is 5.10 Å². The molecular weight excluding hydrogens is 492 g/mol. The van der Waals surface area contributed by atoms with Gasteiger partial charge in [-0.05, 0) is 29.3 Å². The third-order valence-corrected chi connectivity index (χ3v) is 6.44. The molecule has 1 aliphatic rings. The fourth-order valence-electron chi connectivity index (χ4n) is 2.76. The summed E-state index contributed by atoms with van der Waals surface area (Å²) in [6.45, 7) is 0.761. The molecule has 27 heavy (non-hydrogen) atoms. The number of nitrogens with zero attached hydrogens (tertiary/aromatic N) is 1. The van der Waals surface area contributed by atoms with E-state index >= 15 is 0 Å². The van der Waals surface area contributed by atoms with Crippen LogP contribution in [0.5, 0.6) is 0 Å². The fraction of sp³-hybridized carbons (Fsp3) is 0.263. The van der Waals surface area contributed by atoms with Gasteiger partial charge in [0.2, 0.25) is 5.91 Å². The van der Waals surface area contributed by atoms with Crippen LogP contribution in [0.15, 0.2) is 62.6 Å². The lowest BCUT2D eigenvalue weighted by Gasteiger charge is -2.15. The molecule has 0 spiro atoms. The van der Waals surface area contributed by atoms with E-state index in [-0.39, 0.29) is 17.9 Å². The average molecular weight is 512 g/mol. The topological polar surface area (TPSA) is 65.5 Å². The van der Waals surface area contributed by atoms with Crippen LogP contribution in [0.3, 0.4) is 0 Å². The summed E-state index contributed by atoms with van der Waals surface area (Å²) in [6, 6.07) is 16.4. The van der Waals surface area contributed by atoms with Gasteiger partial charge in [0.1, 0.15) is 0 Å². The molecule has 3 rings (SSSR count). The van der Waals surface area contributed by atoms with Gasteiger partial charge in [-0.1, -0.05) is 62.2 Å². The molecule has 0 saturated carbocycles. The van der Waals surface area contributed by atoms with Crippen molar-refractivity contribution >= 4 is 55.7 Å². The molecule has 1 fully saturated rings. The summed E-state index contributed by atoms with van der Waals surface area (Å²) in [6.07, 6.45) is 1.80. The molecule has 2 aromatic rings. The predicted molar refractivity (Wildman–Crippen MR) is 118 cm³/mol. The van der Waals surface area contributed by atoms with E-state index in [1.54, 1.807) is 18.0 Å². The highest BCUT2D eigenvalue weighted by molar-refractivity contribution is 9.10. The summed E-state index contributed by atoms with van der Waals surface area (Å²) < 4.78 is 2.12. The van der Waals surface area contributed by atoms with Gasteiger partial charge in [0.05, 0.1) is 11.8 Å². The van der Waals surface area contributed by atoms with Crippen LogP contribution >= 0.6 is 43.6 Å². The molecule has 1 saturated heterocycles. The van der Waals surface area contributed by atoms with Crippen LogP contribution in [-0.2, 0) is 10.5 Å². The molecule has 0 aliphatic carbocycles. The number of nitrogens with one attached hydrogen (secondary N) is 3. The minimum absolute atomic E-state index is 0.0950. The minimum atomic E-state index is -0.0950. The molecule has 1 aliphatic heterocycles. The number of halogens is 2. The average Bonchev–Trinajstić information content (AvgIpc) is 3.12. The molecule has 0 bridgehead atoms. The number of hydrazine groups is 1. The molecule has 0 aromatic heterocycles. The Labute approximate surface area is 180 Å². The molecular formula is C19H20Br2N4OS. The molecule has 2 aromatic carbocycles.